The van der Waals surface area contributed by atoms with Gasteiger partial charge < -0.3 is 19.7 Å². The van der Waals surface area contributed by atoms with Gasteiger partial charge in [-0.25, -0.2) is 9.97 Å². The molecule has 1 aromatic carbocycles. The number of nitrogens with one attached hydrogen (secondary N) is 1. The number of hydrogen-bond acceptors (Lipinski definition) is 7. The average Bonchev–Trinajstić information content (AvgIpc) is 2.73. The molecular formula is C20H25N5O2. The monoisotopic (exact) mass is 367 g/mol. The van der Waals surface area contributed by atoms with Gasteiger partial charge in [0.15, 0.2) is 0 Å². The number of nitrogens with zero attached hydrogens (tertiary/aromatic N) is 4. The zero-order chi connectivity index (χ0) is 19.1. The molecule has 0 radical (unpaired) electrons. The highest BCUT2D eigenvalue weighted by Crippen LogP contribution is 2.31. The van der Waals surface area contributed by atoms with E-state index in [0.717, 1.165) is 62.2 Å². The summed E-state index contributed by atoms with van der Waals surface area (Å²) in [5, 5.41) is 3.30. The number of hydrogen-bond donors (Lipinski definition) is 1. The maximum atomic E-state index is 5.43. The summed E-state index contributed by atoms with van der Waals surface area (Å²) in [7, 11) is 3.26. The van der Waals surface area contributed by atoms with Gasteiger partial charge >= 0.3 is 0 Å². The molecule has 27 heavy (non-hydrogen) atoms. The summed E-state index contributed by atoms with van der Waals surface area (Å²) in [5.41, 5.74) is 0.821. The molecule has 2 heterocycles. The first-order chi connectivity index (χ1) is 13.2. The molecule has 0 bridgehead atoms. The Morgan fingerprint density at radius 1 is 1.11 bits per heavy atom. The molecule has 1 N–H and O–H groups in total. The number of terminal acetylenes is 1. The quantitative estimate of drug-likeness (QED) is 0.754. The van der Waals surface area contributed by atoms with Gasteiger partial charge in [-0.05, 0) is 12.1 Å². The predicted octanol–water partition coefficient (Wildman–Crippen LogP) is 2.38. The van der Waals surface area contributed by atoms with Gasteiger partial charge in [-0.3, -0.25) is 4.90 Å². The highest BCUT2D eigenvalue weighted by molar-refractivity contribution is 5.67. The van der Waals surface area contributed by atoms with Crippen LogP contribution in [0.4, 0.5) is 17.3 Å². The molecule has 7 nitrogen and oxygen atoms in total. The van der Waals surface area contributed by atoms with E-state index in [1.807, 2.05) is 24.3 Å². The average molecular weight is 367 g/mol. The highest BCUT2D eigenvalue weighted by atomic mass is 16.5. The summed E-state index contributed by atoms with van der Waals surface area (Å²) < 4.78 is 10.7. The third-order valence-electron chi connectivity index (χ3n) is 4.59. The molecule has 0 unspecified atom stereocenters. The smallest absolute Gasteiger partial charge is 0.146 e. The zero-order valence-electron chi connectivity index (χ0n) is 15.8. The minimum Gasteiger partial charge on any atom is -0.497 e. The molecule has 0 atom stereocenters. The van der Waals surface area contributed by atoms with Crippen LogP contribution >= 0.6 is 0 Å². The number of anilines is 3. The second-order valence-corrected chi connectivity index (χ2v) is 6.24. The van der Waals surface area contributed by atoms with E-state index < -0.39 is 0 Å². The zero-order valence-corrected chi connectivity index (χ0v) is 15.8. The molecule has 1 aliphatic rings. The molecule has 1 aromatic heterocycles. The van der Waals surface area contributed by atoms with Gasteiger partial charge in [0, 0.05) is 51.3 Å². The highest BCUT2D eigenvalue weighted by Gasteiger charge is 2.18. The van der Waals surface area contributed by atoms with Crippen molar-refractivity contribution < 1.29 is 9.47 Å². The third-order valence-corrected chi connectivity index (χ3v) is 4.59. The lowest BCUT2D eigenvalue weighted by molar-refractivity contribution is 0.263. The van der Waals surface area contributed by atoms with Crippen molar-refractivity contribution in [2.45, 2.75) is 6.42 Å². The minimum atomic E-state index is 0.691. The summed E-state index contributed by atoms with van der Waals surface area (Å²) in [6.45, 7) is 4.78. The molecule has 2 aromatic rings. The molecule has 0 spiro atoms. The van der Waals surface area contributed by atoms with Crippen molar-refractivity contribution in [3.05, 3.63) is 30.6 Å². The van der Waals surface area contributed by atoms with Crippen LogP contribution in [0.2, 0.25) is 0 Å². The predicted molar refractivity (Wildman–Crippen MR) is 107 cm³/mol. The summed E-state index contributed by atoms with van der Waals surface area (Å²) in [6, 6.07) is 7.58. The van der Waals surface area contributed by atoms with E-state index in [-0.39, 0.29) is 0 Å². The fourth-order valence-electron chi connectivity index (χ4n) is 3.05. The van der Waals surface area contributed by atoms with E-state index >= 15 is 0 Å². The topological polar surface area (TPSA) is 62.8 Å². The molecule has 3 rings (SSSR count). The largest absolute Gasteiger partial charge is 0.497 e. The molecule has 1 aliphatic heterocycles. The Hall–Kier alpha value is -2.98. The van der Waals surface area contributed by atoms with Crippen molar-refractivity contribution in [1.29, 1.82) is 0 Å². The van der Waals surface area contributed by atoms with Crippen LogP contribution < -0.4 is 19.7 Å². The van der Waals surface area contributed by atoms with Crippen molar-refractivity contribution in [2.24, 2.45) is 0 Å². The third kappa shape index (κ3) is 4.80. The van der Waals surface area contributed by atoms with E-state index in [9.17, 15) is 0 Å². The number of benzene rings is 1. The Morgan fingerprint density at radius 3 is 2.63 bits per heavy atom. The Balaban J connectivity index is 1.67. The van der Waals surface area contributed by atoms with Crippen LogP contribution in [0.1, 0.15) is 6.42 Å². The van der Waals surface area contributed by atoms with Crippen molar-refractivity contribution in [3.8, 4) is 23.8 Å². The number of rotatable bonds is 7. The van der Waals surface area contributed by atoms with E-state index in [4.69, 9.17) is 15.9 Å². The first kappa shape index (κ1) is 18.8. The standard InChI is InChI=1S/C20H25N5O2/c1-4-5-8-24-9-11-25(12-10-24)20-14-19(21-15-22-20)23-17-7-6-16(26-2)13-18(17)27-3/h1,6-7,13-15H,5,8-12H2,2-3H3,(H,21,22,23). The van der Waals surface area contributed by atoms with Crippen LogP contribution in [0.3, 0.4) is 0 Å². The maximum Gasteiger partial charge on any atom is 0.146 e. The van der Waals surface area contributed by atoms with E-state index in [0.29, 0.717) is 5.75 Å². The van der Waals surface area contributed by atoms with Gasteiger partial charge in [-0.1, -0.05) is 0 Å². The lowest BCUT2D eigenvalue weighted by Crippen LogP contribution is -2.46. The summed E-state index contributed by atoms with van der Waals surface area (Å²) in [5.74, 6) is 5.77. The number of piperazine rings is 1. The van der Waals surface area contributed by atoms with Crippen molar-refractivity contribution in [1.82, 2.24) is 14.9 Å². The Bertz CT molecular complexity index is 797. The first-order valence-electron chi connectivity index (χ1n) is 8.95. The Morgan fingerprint density at radius 2 is 1.93 bits per heavy atom. The second-order valence-electron chi connectivity index (χ2n) is 6.24. The van der Waals surface area contributed by atoms with Gasteiger partial charge in [0.05, 0.1) is 19.9 Å². The summed E-state index contributed by atoms with van der Waals surface area (Å²) in [6.07, 6.45) is 7.73. The Kier molecular flexibility index (Phi) is 6.34. The van der Waals surface area contributed by atoms with E-state index in [1.54, 1.807) is 20.5 Å². The lowest BCUT2D eigenvalue weighted by atomic mass is 10.2. The SMILES string of the molecule is C#CCCN1CCN(c2cc(Nc3ccc(OC)cc3OC)ncn2)CC1. The molecule has 0 aliphatic carbocycles. The van der Waals surface area contributed by atoms with Gasteiger partial charge in [0.25, 0.3) is 0 Å². The van der Waals surface area contributed by atoms with Crippen LogP contribution in [-0.2, 0) is 0 Å². The maximum absolute atomic E-state index is 5.43. The molecule has 142 valence electrons. The summed E-state index contributed by atoms with van der Waals surface area (Å²) in [4.78, 5) is 13.4. The molecule has 1 saturated heterocycles. The molecule has 7 heteroatoms. The van der Waals surface area contributed by atoms with Gasteiger partial charge in [0.2, 0.25) is 0 Å². The van der Waals surface area contributed by atoms with Gasteiger partial charge in [-0.2, -0.15) is 0 Å². The normalized spacial score (nSPS) is 14.5. The van der Waals surface area contributed by atoms with Gasteiger partial charge in [-0.15, -0.1) is 12.3 Å². The molecule has 1 fully saturated rings. The van der Waals surface area contributed by atoms with E-state index in [2.05, 4.69) is 31.0 Å². The van der Waals surface area contributed by atoms with Crippen LogP contribution in [-0.4, -0.2) is 61.8 Å². The fraction of sp³-hybridized carbons (Fsp3) is 0.400. The number of aromatic nitrogens is 2. The minimum absolute atomic E-state index is 0.691. The van der Waals surface area contributed by atoms with Crippen molar-refractivity contribution in [2.75, 3.05) is 57.2 Å². The van der Waals surface area contributed by atoms with Crippen LogP contribution in [0.25, 0.3) is 0 Å². The fourth-order valence-corrected chi connectivity index (χ4v) is 3.05. The van der Waals surface area contributed by atoms with Gasteiger partial charge in [0.1, 0.15) is 29.5 Å². The number of ether oxygens (including phenoxy) is 2. The Labute approximate surface area is 160 Å². The molecule has 0 saturated carbocycles. The van der Waals surface area contributed by atoms with E-state index in [1.165, 1.54) is 0 Å². The van der Waals surface area contributed by atoms with Crippen LogP contribution in [0.15, 0.2) is 30.6 Å². The first-order valence-corrected chi connectivity index (χ1v) is 8.95. The molecular weight excluding hydrogens is 342 g/mol. The van der Waals surface area contributed by atoms with Crippen LogP contribution in [0.5, 0.6) is 11.5 Å². The van der Waals surface area contributed by atoms with Crippen LogP contribution in [0, 0.1) is 12.3 Å². The summed E-state index contributed by atoms with van der Waals surface area (Å²) >= 11 is 0. The number of methoxy groups -OCH3 is 2. The van der Waals surface area contributed by atoms with Crippen molar-refractivity contribution in [3.63, 3.8) is 0 Å². The lowest BCUT2D eigenvalue weighted by Gasteiger charge is -2.35. The molecule has 0 amide bonds. The second kappa shape index (κ2) is 9.10. The van der Waals surface area contributed by atoms with Crippen molar-refractivity contribution >= 4 is 17.3 Å².